The summed E-state index contributed by atoms with van der Waals surface area (Å²) in [6.07, 6.45) is 0.840. The Hall–Kier alpha value is -3.27. The molecule has 46 heavy (non-hydrogen) atoms. The Morgan fingerprint density at radius 1 is 0.848 bits per heavy atom. The molecule has 0 bridgehead atoms. The van der Waals surface area contributed by atoms with Crippen LogP contribution >= 0.6 is 46.4 Å². The fourth-order valence-electron chi connectivity index (χ4n) is 4.79. The number of rotatable bonds is 13. The van der Waals surface area contributed by atoms with Gasteiger partial charge in [-0.25, -0.2) is 8.42 Å². The summed E-state index contributed by atoms with van der Waals surface area (Å²) in [4.78, 5) is 29.6. The van der Waals surface area contributed by atoms with Crippen molar-refractivity contribution in [2.24, 2.45) is 0 Å². The number of carbonyl (C=O) groups is 2. The van der Waals surface area contributed by atoms with Crippen LogP contribution in [0, 0.1) is 6.92 Å². The zero-order valence-electron chi connectivity index (χ0n) is 25.2. The van der Waals surface area contributed by atoms with E-state index in [1.165, 1.54) is 29.2 Å². The third kappa shape index (κ3) is 8.75. The number of hydrogen-bond acceptors (Lipinski definition) is 4. The molecule has 1 N–H and O–H groups in total. The van der Waals surface area contributed by atoms with E-state index in [0.717, 1.165) is 15.4 Å². The molecule has 242 valence electrons. The number of nitrogens with zero attached hydrogens (tertiary/aromatic N) is 2. The molecule has 0 aliphatic carbocycles. The van der Waals surface area contributed by atoms with Crippen LogP contribution in [0.3, 0.4) is 0 Å². The zero-order valence-corrected chi connectivity index (χ0v) is 29.1. The summed E-state index contributed by atoms with van der Waals surface area (Å²) in [6, 6.07) is 23.9. The van der Waals surface area contributed by atoms with Gasteiger partial charge in [-0.15, -0.1) is 0 Å². The van der Waals surface area contributed by atoms with E-state index < -0.39 is 34.4 Å². The summed E-state index contributed by atoms with van der Waals surface area (Å²) in [5, 5.41) is 3.67. The van der Waals surface area contributed by atoms with Crippen LogP contribution in [0.25, 0.3) is 0 Å². The molecule has 7 nitrogen and oxygen atoms in total. The predicted octanol–water partition coefficient (Wildman–Crippen LogP) is 7.97. The minimum atomic E-state index is -4.35. The largest absolute Gasteiger partial charge is 0.354 e. The molecule has 0 aromatic heterocycles. The minimum absolute atomic E-state index is 0.0163. The van der Waals surface area contributed by atoms with Gasteiger partial charge in [-0.3, -0.25) is 13.9 Å². The van der Waals surface area contributed by atoms with E-state index in [1.807, 2.05) is 44.2 Å². The fraction of sp³-hybridized carbons (Fsp3) is 0.235. The van der Waals surface area contributed by atoms with Gasteiger partial charge in [-0.2, -0.15) is 0 Å². The molecule has 12 heteroatoms. The Morgan fingerprint density at radius 2 is 1.54 bits per heavy atom. The maximum Gasteiger partial charge on any atom is 0.264 e. The maximum absolute atomic E-state index is 14.5. The van der Waals surface area contributed by atoms with Crippen molar-refractivity contribution in [3.05, 3.63) is 128 Å². The molecule has 2 amide bonds. The van der Waals surface area contributed by atoms with Crippen molar-refractivity contribution in [2.45, 2.75) is 44.2 Å². The third-order valence-electron chi connectivity index (χ3n) is 7.26. The molecule has 0 unspecified atom stereocenters. The molecule has 4 aromatic carbocycles. The van der Waals surface area contributed by atoms with Crippen LogP contribution in [0.15, 0.2) is 95.9 Å². The van der Waals surface area contributed by atoms with Gasteiger partial charge in [0.1, 0.15) is 12.6 Å². The number of anilines is 1. The lowest BCUT2D eigenvalue weighted by Gasteiger charge is -2.34. The smallest absolute Gasteiger partial charge is 0.264 e. The quantitative estimate of drug-likeness (QED) is 0.152. The monoisotopic (exact) mass is 719 g/mol. The van der Waals surface area contributed by atoms with Gasteiger partial charge in [0.25, 0.3) is 10.0 Å². The standard InChI is InChI=1S/C34H33Cl4N3O4S/c1-3-18-39-34(43)31(19-24-8-5-4-6-9-24)40(21-25-14-15-26(35)20-29(25)37)32(42)22-41(30-11-7-10-28(36)33(30)38)46(44,45)27-16-12-23(2)13-17-27/h4-17,20,31H,3,18-19,21-22H2,1-2H3,(H,39,43)/t31-/m1/s1. The molecule has 0 fully saturated rings. The van der Waals surface area contributed by atoms with Crippen molar-refractivity contribution < 1.29 is 18.0 Å². The summed E-state index contributed by atoms with van der Waals surface area (Å²) < 4.78 is 29.3. The lowest BCUT2D eigenvalue weighted by atomic mass is 10.0. The third-order valence-corrected chi connectivity index (χ3v) is 10.4. The molecule has 0 heterocycles. The second kappa shape index (κ2) is 16.0. The molecule has 0 aliphatic rings. The van der Waals surface area contributed by atoms with Crippen molar-refractivity contribution in [1.29, 1.82) is 0 Å². The second-order valence-electron chi connectivity index (χ2n) is 10.7. The summed E-state index contributed by atoms with van der Waals surface area (Å²) >= 11 is 25.6. The second-order valence-corrected chi connectivity index (χ2v) is 14.1. The molecular formula is C34H33Cl4N3O4S. The average Bonchev–Trinajstić information content (AvgIpc) is 3.03. The summed E-state index contributed by atoms with van der Waals surface area (Å²) in [7, 11) is -4.35. The van der Waals surface area contributed by atoms with Crippen LogP contribution in [-0.2, 0) is 32.6 Å². The first-order chi connectivity index (χ1) is 21.9. The molecule has 0 saturated heterocycles. The van der Waals surface area contributed by atoms with Crippen molar-refractivity contribution in [1.82, 2.24) is 10.2 Å². The summed E-state index contributed by atoms with van der Waals surface area (Å²) in [5.74, 6) is -1.05. The molecule has 1 atom stereocenters. The van der Waals surface area contributed by atoms with Gasteiger partial charge < -0.3 is 10.2 Å². The number of carbonyl (C=O) groups excluding carboxylic acids is 2. The Balaban J connectivity index is 1.85. The number of nitrogens with one attached hydrogen (secondary N) is 1. The van der Waals surface area contributed by atoms with Gasteiger partial charge in [0.05, 0.1) is 20.6 Å². The van der Waals surface area contributed by atoms with E-state index in [1.54, 1.807) is 36.4 Å². The number of halogens is 4. The van der Waals surface area contributed by atoms with Crippen molar-refractivity contribution >= 4 is 73.9 Å². The van der Waals surface area contributed by atoms with Gasteiger partial charge in [0, 0.05) is 29.6 Å². The molecule has 0 spiro atoms. The number of amides is 2. The molecule has 0 radical (unpaired) electrons. The number of benzene rings is 4. The summed E-state index contributed by atoms with van der Waals surface area (Å²) in [5.41, 5.74) is 2.20. The van der Waals surface area contributed by atoms with Crippen LogP contribution in [0.5, 0.6) is 0 Å². The topological polar surface area (TPSA) is 86.8 Å². The average molecular weight is 722 g/mol. The van der Waals surface area contributed by atoms with Crippen LogP contribution < -0.4 is 9.62 Å². The molecule has 0 aliphatic heterocycles. The fourth-order valence-corrected chi connectivity index (χ4v) is 7.13. The van der Waals surface area contributed by atoms with Crippen molar-refractivity contribution in [3.63, 3.8) is 0 Å². The van der Waals surface area contributed by atoms with E-state index in [2.05, 4.69) is 5.32 Å². The van der Waals surface area contributed by atoms with E-state index in [9.17, 15) is 18.0 Å². The Bertz CT molecular complexity index is 1790. The predicted molar refractivity (Wildman–Crippen MR) is 186 cm³/mol. The molecule has 4 rings (SSSR count). The maximum atomic E-state index is 14.5. The summed E-state index contributed by atoms with van der Waals surface area (Å²) in [6.45, 7) is 3.36. The zero-order chi connectivity index (χ0) is 33.4. The molecule has 4 aromatic rings. The Morgan fingerprint density at radius 3 is 2.20 bits per heavy atom. The molecule has 0 saturated carbocycles. The highest BCUT2D eigenvalue weighted by Crippen LogP contribution is 2.36. The van der Waals surface area contributed by atoms with Crippen LogP contribution in [0.1, 0.15) is 30.0 Å². The Labute approximate surface area is 290 Å². The first-order valence-electron chi connectivity index (χ1n) is 14.5. The van der Waals surface area contributed by atoms with Gasteiger partial charge in [0.15, 0.2) is 0 Å². The Kier molecular flexibility index (Phi) is 12.4. The molecular weight excluding hydrogens is 688 g/mol. The van der Waals surface area contributed by atoms with E-state index in [-0.39, 0.29) is 33.6 Å². The van der Waals surface area contributed by atoms with Gasteiger partial charge in [-0.05, 0) is 60.9 Å². The number of aryl methyl sites for hydroxylation is 1. The van der Waals surface area contributed by atoms with Crippen molar-refractivity contribution in [3.8, 4) is 0 Å². The highest BCUT2D eigenvalue weighted by molar-refractivity contribution is 7.92. The lowest BCUT2D eigenvalue weighted by molar-refractivity contribution is -0.140. The number of hydrogen-bond donors (Lipinski definition) is 1. The van der Waals surface area contributed by atoms with Gasteiger partial charge in [0.2, 0.25) is 11.8 Å². The van der Waals surface area contributed by atoms with E-state index >= 15 is 0 Å². The van der Waals surface area contributed by atoms with Gasteiger partial charge in [-0.1, -0.05) is 113 Å². The normalized spacial score (nSPS) is 12.0. The minimum Gasteiger partial charge on any atom is -0.354 e. The van der Waals surface area contributed by atoms with Crippen molar-refractivity contribution in [2.75, 3.05) is 17.4 Å². The van der Waals surface area contributed by atoms with E-state index in [0.29, 0.717) is 28.6 Å². The van der Waals surface area contributed by atoms with Crippen LogP contribution in [0.2, 0.25) is 20.1 Å². The first-order valence-corrected chi connectivity index (χ1v) is 17.5. The lowest BCUT2D eigenvalue weighted by Crippen LogP contribution is -2.53. The SMILES string of the molecule is CCCNC(=O)[C@@H](Cc1ccccc1)N(Cc1ccc(Cl)cc1Cl)C(=O)CN(c1cccc(Cl)c1Cl)S(=O)(=O)c1ccc(C)cc1. The highest BCUT2D eigenvalue weighted by atomic mass is 35.5. The van der Waals surface area contributed by atoms with E-state index in [4.69, 9.17) is 46.4 Å². The van der Waals surface area contributed by atoms with Crippen LogP contribution in [0.4, 0.5) is 5.69 Å². The number of sulfonamides is 1. The van der Waals surface area contributed by atoms with Gasteiger partial charge >= 0.3 is 0 Å². The first kappa shape index (κ1) is 35.6. The van der Waals surface area contributed by atoms with Crippen LogP contribution in [-0.4, -0.2) is 44.3 Å². The highest BCUT2D eigenvalue weighted by Gasteiger charge is 2.35.